The van der Waals surface area contributed by atoms with Crippen molar-refractivity contribution in [1.82, 2.24) is 10.6 Å². The van der Waals surface area contributed by atoms with E-state index in [1.807, 2.05) is 6.92 Å². The number of nitrogens with one attached hydrogen (secondary N) is 2. The van der Waals surface area contributed by atoms with Gasteiger partial charge in [-0.15, -0.1) is 19.0 Å². The summed E-state index contributed by atoms with van der Waals surface area (Å²) in [5, 5.41) is 17.0. The molecule has 9 heteroatoms. The van der Waals surface area contributed by atoms with Gasteiger partial charge in [0.25, 0.3) is 0 Å². The summed E-state index contributed by atoms with van der Waals surface area (Å²) in [5.74, 6) is -0.0842. The molecule has 1 unspecified atom stereocenters. The highest BCUT2D eigenvalue weighted by Crippen LogP contribution is 2.67. The number of halogens is 1. The van der Waals surface area contributed by atoms with Gasteiger partial charge in [0, 0.05) is 23.2 Å². The number of carbonyl (C=O) groups is 3. The van der Waals surface area contributed by atoms with Gasteiger partial charge in [-0.25, -0.2) is 14.9 Å². The molecule has 3 N–H and O–H groups in total. The molecule has 4 rings (SSSR count). The molecule has 1 heterocycles. The molecule has 36 heavy (non-hydrogen) atoms. The summed E-state index contributed by atoms with van der Waals surface area (Å²) in [6.07, 6.45) is 3.10. The van der Waals surface area contributed by atoms with Crippen LogP contribution >= 0.6 is 12.4 Å². The summed E-state index contributed by atoms with van der Waals surface area (Å²) in [5.41, 5.74) is -1.68. The van der Waals surface area contributed by atoms with Gasteiger partial charge in [0.05, 0.1) is 6.10 Å². The molecule has 0 aromatic carbocycles. The van der Waals surface area contributed by atoms with Gasteiger partial charge in [-0.05, 0) is 68.9 Å². The smallest absolute Gasteiger partial charge is 0.416 e. The number of piperidine rings is 1. The SMILES string of the molecule is C=C[C@]1(C)C[C@@H](OC(=O)NC(=O)OC2CCNCC2)[C@@]2(C)C(C)CC[C@]3(CCC(=O)[C@H]32)[C@@H](C)[C@@H]1O.Cl. The highest BCUT2D eigenvalue weighted by atomic mass is 35.5. The second-order valence-corrected chi connectivity index (χ2v) is 12.0. The molecular formula is C27H43ClN2O6. The number of amides is 2. The first-order chi connectivity index (χ1) is 16.5. The average Bonchev–Trinajstić information content (AvgIpc) is 3.18. The lowest BCUT2D eigenvalue weighted by Gasteiger charge is -2.61. The summed E-state index contributed by atoms with van der Waals surface area (Å²) >= 11 is 0. The number of Topliss-reactive ketones (excluding diaryl/α,β-unsaturated/α-hetero) is 1. The van der Waals surface area contributed by atoms with Crippen LogP contribution in [0.3, 0.4) is 0 Å². The average molecular weight is 527 g/mol. The Kier molecular flexibility index (Phi) is 8.53. The molecule has 3 aliphatic carbocycles. The first-order valence-electron chi connectivity index (χ1n) is 13.2. The summed E-state index contributed by atoms with van der Waals surface area (Å²) in [6, 6.07) is 0. The van der Waals surface area contributed by atoms with E-state index in [1.54, 1.807) is 6.08 Å². The van der Waals surface area contributed by atoms with Crippen LogP contribution in [0, 0.1) is 34.0 Å². The van der Waals surface area contributed by atoms with Gasteiger partial charge in [0.2, 0.25) is 0 Å². The number of carbonyl (C=O) groups excluding carboxylic acids is 3. The number of ether oxygens (including phenoxy) is 2. The Morgan fingerprint density at radius 2 is 1.75 bits per heavy atom. The quantitative estimate of drug-likeness (QED) is 0.467. The molecule has 3 saturated carbocycles. The van der Waals surface area contributed by atoms with Gasteiger partial charge in [-0.2, -0.15) is 0 Å². The third-order valence-electron chi connectivity index (χ3n) is 10.3. The van der Waals surface area contributed by atoms with Crippen molar-refractivity contribution < 1.29 is 29.0 Å². The zero-order valence-corrected chi connectivity index (χ0v) is 22.8. The molecule has 4 aliphatic rings. The first-order valence-corrected chi connectivity index (χ1v) is 13.2. The van der Waals surface area contributed by atoms with Crippen molar-refractivity contribution in [2.45, 2.75) is 91.0 Å². The number of hydrogen-bond donors (Lipinski definition) is 3. The molecule has 8 atom stereocenters. The number of aliphatic hydroxyl groups excluding tert-OH is 1. The molecule has 8 nitrogen and oxygen atoms in total. The lowest BCUT2D eigenvalue weighted by Crippen LogP contribution is -2.63. The van der Waals surface area contributed by atoms with Gasteiger partial charge in [0.1, 0.15) is 18.0 Å². The maximum absolute atomic E-state index is 13.4. The van der Waals surface area contributed by atoms with Crippen LogP contribution in [0.1, 0.15) is 72.6 Å². The van der Waals surface area contributed by atoms with Gasteiger partial charge < -0.3 is 19.9 Å². The van der Waals surface area contributed by atoms with Gasteiger partial charge >= 0.3 is 12.2 Å². The van der Waals surface area contributed by atoms with Crippen molar-refractivity contribution in [1.29, 1.82) is 0 Å². The van der Waals surface area contributed by atoms with E-state index in [4.69, 9.17) is 9.47 Å². The predicted octanol–water partition coefficient (Wildman–Crippen LogP) is 4.39. The molecule has 2 bridgehead atoms. The van der Waals surface area contributed by atoms with E-state index in [0.717, 1.165) is 32.4 Å². The predicted molar refractivity (Wildman–Crippen MR) is 138 cm³/mol. The molecule has 0 spiro atoms. The Morgan fingerprint density at radius 3 is 2.39 bits per heavy atom. The lowest BCUT2D eigenvalue weighted by atomic mass is 9.44. The van der Waals surface area contributed by atoms with Gasteiger partial charge in [-0.1, -0.05) is 33.8 Å². The van der Waals surface area contributed by atoms with Crippen LogP contribution in [0.5, 0.6) is 0 Å². The normalized spacial score (nSPS) is 42.7. The van der Waals surface area contributed by atoms with E-state index in [9.17, 15) is 19.5 Å². The van der Waals surface area contributed by atoms with E-state index in [1.165, 1.54) is 0 Å². The Balaban J connectivity index is 0.00000361. The van der Waals surface area contributed by atoms with Crippen molar-refractivity contribution in [3.8, 4) is 0 Å². The van der Waals surface area contributed by atoms with Crippen molar-refractivity contribution in [2.24, 2.45) is 34.0 Å². The molecule has 0 aromatic heterocycles. The van der Waals surface area contributed by atoms with E-state index < -0.39 is 35.2 Å². The zero-order chi connectivity index (χ0) is 25.6. The molecule has 1 aliphatic heterocycles. The molecule has 0 radical (unpaired) electrons. The summed E-state index contributed by atoms with van der Waals surface area (Å²) in [6.45, 7) is 13.7. The minimum atomic E-state index is -0.876. The maximum Gasteiger partial charge on any atom is 0.416 e. The number of hydrogen-bond acceptors (Lipinski definition) is 7. The second-order valence-electron chi connectivity index (χ2n) is 12.0. The zero-order valence-electron chi connectivity index (χ0n) is 22.0. The lowest BCUT2D eigenvalue weighted by molar-refractivity contribution is -0.191. The first kappa shape index (κ1) is 28.9. The molecule has 204 valence electrons. The number of aliphatic hydroxyl groups is 1. The van der Waals surface area contributed by atoms with Crippen molar-refractivity contribution in [3.05, 3.63) is 12.7 Å². The van der Waals surface area contributed by atoms with Crippen molar-refractivity contribution in [3.63, 3.8) is 0 Å². The fourth-order valence-corrected chi connectivity index (χ4v) is 7.84. The minimum absolute atomic E-state index is 0. The van der Waals surface area contributed by atoms with Crippen LogP contribution < -0.4 is 10.6 Å². The molecule has 0 aromatic rings. The van der Waals surface area contributed by atoms with E-state index >= 15 is 0 Å². The highest BCUT2D eigenvalue weighted by molar-refractivity contribution is 5.88. The van der Waals surface area contributed by atoms with Crippen LogP contribution in [0.4, 0.5) is 9.59 Å². The van der Waals surface area contributed by atoms with Crippen LogP contribution in [-0.2, 0) is 14.3 Å². The van der Waals surface area contributed by atoms with Crippen LogP contribution in [0.2, 0.25) is 0 Å². The standard InChI is InChI=1S/C27H42N2O6.ClH/c1-6-25(4)15-20(35-24(33)29-23(32)34-18-9-13-28-14-10-18)26(5)16(2)7-11-27(17(3)22(25)31)12-8-19(30)21(26)27;/h6,16-18,20-22,28,31H,1,7-15H2,2-5H3,(H,29,32,33);1H/t16?,17-,20+,21-,22-,25+,26+,27-;/m0./s1. The fourth-order valence-electron chi connectivity index (χ4n) is 7.84. The number of rotatable bonds is 3. The third-order valence-corrected chi connectivity index (χ3v) is 10.3. The minimum Gasteiger partial charge on any atom is -0.446 e. The van der Waals surface area contributed by atoms with E-state index in [-0.39, 0.29) is 47.5 Å². The third kappa shape index (κ3) is 4.69. The summed E-state index contributed by atoms with van der Waals surface area (Å²) < 4.78 is 11.4. The summed E-state index contributed by atoms with van der Waals surface area (Å²) in [4.78, 5) is 38.8. The van der Waals surface area contributed by atoms with Crippen LogP contribution in [0.25, 0.3) is 0 Å². The largest absolute Gasteiger partial charge is 0.446 e. The van der Waals surface area contributed by atoms with Crippen LogP contribution in [-0.4, -0.2) is 54.5 Å². The topological polar surface area (TPSA) is 114 Å². The monoisotopic (exact) mass is 526 g/mol. The number of alkyl carbamates (subject to hydrolysis) is 2. The van der Waals surface area contributed by atoms with Crippen molar-refractivity contribution in [2.75, 3.05) is 13.1 Å². The number of imide groups is 1. The molecule has 2 amide bonds. The Labute approximate surface area is 220 Å². The Hall–Kier alpha value is -1.64. The Morgan fingerprint density at radius 1 is 1.11 bits per heavy atom. The molecular weight excluding hydrogens is 484 g/mol. The fraction of sp³-hybridized carbons (Fsp3) is 0.815. The van der Waals surface area contributed by atoms with Crippen molar-refractivity contribution >= 4 is 30.4 Å². The molecule has 4 fully saturated rings. The van der Waals surface area contributed by atoms with E-state index in [0.29, 0.717) is 25.7 Å². The van der Waals surface area contributed by atoms with Gasteiger partial charge in [-0.3, -0.25) is 4.79 Å². The maximum atomic E-state index is 13.4. The Bertz CT molecular complexity index is 878. The number of ketones is 1. The second kappa shape index (κ2) is 10.6. The summed E-state index contributed by atoms with van der Waals surface area (Å²) in [7, 11) is 0. The van der Waals surface area contributed by atoms with Gasteiger partial charge in [0.15, 0.2) is 0 Å². The van der Waals surface area contributed by atoms with E-state index in [2.05, 4.69) is 38.0 Å². The molecule has 1 saturated heterocycles. The highest BCUT2D eigenvalue weighted by Gasteiger charge is 2.68. The van der Waals surface area contributed by atoms with Crippen LogP contribution in [0.15, 0.2) is 12.7 Å².